The lowest BCUT2D eigenvalue weighted by molar-refractivity contribution is -0.310. The molecule has 0 radical (unpaired) electrons. The fourth-order valence-corrected chi connectivity index (χ4v) is 2.07. The van der Waals surface area contributed by atoms with Gasteiger partial charge in [-0.15, -0.1) is 0 Å². The number of phenolic OH excluding ortho intramolecular Hbond substituents is 1. The number of phenols is 1. The third-order valence-electron chi connectivity index (χ3n) is 3.21. The fourth-order valence-electron chi connectivity index (χ4n) is 2.07. The largest absolute Gasteiger partial charge is 0.508 e. The Morgan fingerprint density at radius 1 is 1.10 bits per heavy atom. The van der Waals surface area contributed by atoms with Gasteiger partial charge < -0.3 is 35.0 Å². The number of hydrogen-bond acceptors (Lipinski definition) is 7. The number of rotatable bonds is 4. The molecule has 1 aromatic rings. The molecule has 1 saturated heterocycles. The summed E-state index contributed by atoms with van der Waals surface area (Å²) in [5, 5.41) is 47.0. The minimum Gasteiger partial charge on any atom is -0.508 e. The van der Waals surface area contributed by atoms with Crippen LogP contribution >= 0.6 is 0 Å². The van der Waals surface area contributed by atoms with Gasteiger partial charge >= 0.3 is 0 Å². The Kier molecular flexibility index (Phi) is 4.92. The molecular formula is C13H18O7. The lowest BCUT2D eigenvalue weighted by Gasteiger charge is -2.40. The molecule has 7 heteroatoms. The molecule has 5 N–H and O–H groups in total. The van der Waals surface area contributed by atoms with E-state index in [0.717, 1.165) is 0 Å². The Morgan fingerprint density at radius 3 is 2.30 bits per heavy atom. The monoisotopic (exact) mass is 286 g/mol. The molecule has 1 fully saturated rings. The summed E-state index contributed by atoms with van der Waals surface area (Å²) in [6.45, 7) is -1.03. The van der Waals surface area contributed by atoms with E-state index in [0.29, 0.717) is 5.56 Å². The molecule has 1 aliphatic rings. The van der Waals surface area contributed by atoms with Gasteiger partial charge in [-0.25, -0.2) is 0 Å². The summed E-state index contributed by atoms with van der Waals surface area (Å²) in [5.74, 6) is 0.0789. The van der Waals surface area contributed by atoms with Crippen molar-refractivity contribution in [2.24, 2.45) is 0 Å². The first-order valence-electron chi connectivity index (χ1n) is 6.24. The Labute approximate surface area is 115 Å². The summed E-state index contributed by atoms with van der Waals surface area (Å²) >= 11 is 0. The van der Waals surface area contributed by atoms with Crippen molar-refractivity contribution in [1.82, 2.24) is 0 Å². The normalized spacial score (nSPS) is 32.0. The van der Waals surface area contributed by atoms with E-state index >= 15 is 0 Å². The third kappa shape index (κ3) is 3.09. The average molecular weight is 286 g/mol. The van der Waals surface area contributed by atoms with Gasteiger partial charge in [0.15, 0.2) is 6.29 Å². The number of benzene rings is 1. The van der Waals surface area contributed by atoms with Crippen LogP contribution in [0, 0.1) is 0 Å². The maximum absolute atomic E-state index is 9.92. The lowest BCUT2D eigenvalue weighted by atomic mass is 10.0. The molecule has 20 heavy (non-hydrogen) atoms. The van der Waals surface area contributed by atoms with Crippen molar-refractivity contribution >= 4 is 0 Å². The lowest BCUT2D eigenvalue weighted by Crippen LogP contribution is -2.54. The van der Waals surface area contributed by atoms with Crippen LogP contribution < -0.4 is 0 Å². The summed E-state index contributed by atoms with van der Waals surface area (Å²) in [6.07, 6.45) is -5.47. The highest BCUT2D eigenvalue weighted by Gasteiger charge is 2.42. The van der Waals surface area contributed by atoms with Crippen LogP contribution in [0.15, 0.2) is 24.3 Å². The molecule has 5 atom stereocenters. The molecule has 0 saturated carbocycles. The Bertz CT molecular complexity index is 421. The molecule has 1 aliphatic heterocycles. The van der Waals surface area contributed by atoms with Gasteiger partial charge in [-0.1, -0.05) is 12.1 Å². The highest BCUT2D eigenvalue weighted by molar-refractivity contribution is 5.26. The van der Waals surface area contributed by atoms with Crippen LogP contribution in [0.2, 0.25) is 0 Å². The van der Waals surface area contributed by atoms with E-state index < -0.39 is 43.9 Å². The molecule has 112 valence electrons. The summed E-state index contributed by atoms with van der Waals surface area (Å²) in [4.78, 5) is 0. The predicted octanol–water partition coefficient (Wildman–Crippen LogP) is -1.12. The van der Waals surface area contributed by atoms with Gasteiger partial charge in [0, 0.05) is 5.56 Å². The molecule has 1 heterocycles. The summed E-state index contributed by atoms with van der Waals surface area (Å²) in [7, 11) is 0. The highest BCUT2D eigenvalue weighted by Crippen LogP contribution is 2.32. The van der Waals surface area contributed by atoms with Gasteiger partial charge in [0.2, 0.25) is 0 Å². The minimum atomic E-state index is -1.29. The van der Waals surface area contributed by atoms with Gasteiger partial charge in [0.05, 0.1) is 13.2 Å². The quantitative estimate of drug-likeness (QED) is 0.475. The van der Waals surface area contributed by atoms with Crippen LogP contribution in [0.25, 0.3) is 0 Å². The first-order valence-corrected chi connectivity index (χ1v) is 6.24. The second kappa shape index (κ2) is 6.49. The number of aromatic hydroxyl groups is 1. The zero-order valence-electron chi connectivity index (χ0n) is 10.7. The van der Waals surface area contributed by atoms with Crippen LogP contribution in [0.3, 0.4) is 0 Å². The highest BCUT2D eigenvalue weighted by atomic mass is 16.7. The van der Waals surface area contributed by atoms with Crippen LogP contribution in [0.1, 0.15) is 11.9 Å². The fraction of sp³-hybridized carbons (Fsp3) is 0.538. The molecule has 7 nitrogen and oxygen atoms in total. The number of aliphatic hydroxyl groups is 4. The smallest absolute Gasteiger partial charge is 0.184 e. The van der Waals surface area contributed by atoms with Crippen molar-refractivity contribution in [3.8, 4) is 5.75 Å². The number of aliphatic hydroxyl groups excluding tert-OH is 4. The van der Waals surface area contributed by atoms with Gasteiger partial charge in [0.1, 0.15) is 30.2 Å². The number of hydrogen-bond donors (Lipinski definition) is 5. The van der Waals surface area contributed by atoms with Crippen LogP contribution in [-0.2, 0) is 9.47 Å². The van der Waals surface area contributed by atoms with Crippen LogP contribution in [-0.4, -0.2) is 63.2 Å². The minimum absolute atomic E-state index is 0.0789. The third-order valence-corrected chi connectivity index (χ3v) is 3.21. The first kappa shape index (κ1) is 15.2. The maximum Gasteiger partial charge on any atom is 0.184 e. The summed E-state index contributed by atoms with van der Waals surface area (Å²) < 4.78 is 10.8. The molecule has 0 bridgehead atoms. The average Bonchev–Trinajstić information content (AvgIpc) is 2.47. The van der Waals surface area contributed by atoms with Gasteiger partial charge in [-0.3, -0.25) is 0 Å². The van der Waals surface area contributed by atoms with E-state index in [-0.39, 0.29) is 5.75 Å². The van der Waals surface area contributed by atoms with Crippen molar-refractivity contribution in [3.63, 3.8) is 0 Å². The second-order valence-electron chi connectivity index (χ2n) is 4.62. The van der Waals surface area contributed by atoms with E-state index in [1.165, 1.54) is 12.1 Å². The van der Waals surface area contributed by atoms with Crippen molar-refractivity contribution < 1.29 is 35.0 Å². The standard InChI is InChI=1S/C13H18O7/c14-5-9(17)12-11(18)10(6-15)19-13(20-12)7-1-3-8(16)4-2-7/h1-4,9-18H,5-6H2/t9-,10+,11-,12-,13?/m1/s1. The molecule has 0 aromatic heterocycles. The summed E-state index contributed by atoms with van der Waals surface area (Å²) in [5.41, 5.74) is 0.559. The van der Waals surface area contributed by atoms with Gasteiger partial charge in [-0.05, 0) is 12.1 Å². The topological polar surface area (TPSA) is 120 Å². The predicted molar refractivity (Wildman–Crippen MR) is 66.8 cm³/mol. The molecule has 0 aliphatic carbocycles. The molecular weight excluding hydrogens is 268 g/mol. The van der Waals surface area contributed by atoms with Crippen LogP contribution in [0.5, 0.6) is 5.75 Å². The Balaban J connectivity index is 2.19. The molecule has 1 aromatic carbocycles. The van der Waals surface area contributed by atoms with E-state index in [1.54, 1.807) is 12.1 Å². The Morgan fingerprint density at radius 2 is 1.75 bits per heavy atom. The van der Waals surface area contributed by atoms with E-state index in [4.69, 9.17) is 14.6 Å². The maximum atomic E-state index is 9.92. The second-order valence-corrected chi connectivity index (χ2v) is 4.62. The van der Waals surface area contributed by atoms with E-state index in [9.17, 15) is 20.4 Å². The SMILES string of the molecule is OC[C@@H](O)[C@H]1OC(c2ccc(O)cc2)O[C@@H](CO)[C@H]1O. The van der Waals surface area contributed by atoms with Crippen molar-refractivity contribution in [2.75, 3.05) is 13.2 Å². The Hall–Kier alpha value is -1.22. The molecule has 1 unspecified atom stereocenters. The van der Waals surface area contributed by atoms with Crippen molar-refractivity contribution in [3.05, 3.63) is 29.8 Å². The molecule has 0 spiro atoms. The van der Waals surface area contributed by atoms with Crippen molar-refractivity contribution in [2.45, 2.75) is 30.7 Å². The number of ether oxygens (including phenoxy) is 2. The van der Waals surface area contributed by atoms with Crippen LogP contribution in [0.4, 0.5) is 0 Å². The summed E-state index contributed by atoms with van der Waals surface area (Å²) in [6, 6.07) is 6.01. The first-order chi connectivity index (χ1) is 9.56. The molecule has 0 amide bonds. The van der Waals surface area contributed by atoms with Gasteiger partial charge in [0.25, 0.3) is 0 Å². The molecule has 2 rings (SSSR count). The van der Waals surface area contributed by atoms with E-state index in [2.05, 4.69) is 0 Å². The zero-order valence-corrected chi connectivity index (χ0v) is 10.7. The van der Waals surface area contributed by atoms with E-state index in [1.807, 2.05) is 0 Å². The van der Waals surface area contributed by atoms with Gasteiger partial charge in [-0.2, -0.15) is 0 Å². The van der Waals surface area contributed by atoms with Crippen molar-refractivity contribution in [1.29, 1.82) is 0 Å². The zero-order chi connectivity index (χ0) is 14.7.